The highest BCUT2D eigenvalue weighted by Gasteiger charge is 2.13. The van der Waals surface area contributed by atoms with Gasteiger partial charge in [0.15, 0.2) is 4.34 Å². The number of aryl methyl sites for hydroxylation is 2. The summed E-state index contributed by atoms with van der Waals surface area (Å²) < 4.78 is 5.17. The van der Waals surface area contributed by atoms with E-state index in [1.165, 1.54) is 22.7 Å². The van der Waals surface area contributed by atoms with Gasteiger partial charge in [0.05, 0.1) is 0 Å². The maximum atomic E-state index is 5.83. The number of hydrogen-bond donors (Lipinski definition) is 1. The topological polar surface area (TPSA) is 51.8 Å². The summed E-state index contributed by atoms with van der Waals surface area (Å²) in [5, 5.41) is 0.253. The Hall–Kier alpha value is -0.910. The van der Waals surface area contributed by atoms with Crippen molar-refractivity contribution in [1.29, 1.82) is 0 Å². The second kappa shape index (κ2) is 5.62. The van der Waals surface area contributed by atoms with Crippen molar-refractivity contribution >= 4 is 23.3 Å². The van der Waals surface area contributed by atoms with Gasteiger partial charge in [-0.3, -0.25) is 0 Å². The molecule has 17 heavy (non-hydrogen) atoms. The minimum atomic E-state index is 0.253. The third kappa shape index (κ3) is 3.28. The minimum Gasteiger partial charge on any atom is -0.329 e. The highest BCUT2D eigenvalue weighted by atomic mass is 32.2. The number of nitrogens with two attached hydrogens (primary N) is 1. The molecule has 0 saturated carbocycles. The Balaban J connectivity index is 2.13. The first kappa shape index (κ1) is 12.5. The molecular weight excluding hydrogens is 250 g/mol. The van der Waals surface area contributed by atoms with E-state index in [-0.39, 0.29) is 5.25 Å². The molecule has 1 atom stereocenters. The number of rotatable bonds is 4. The molecule has 1 aromatic heterocycles. The van der Waals surface area contributed by atoms with Crippen LogP contribution in [0.4, 0.5) is 0 Å². The lowest BCUT2D eigenvalue weighted by Gasteiger charge is -2.12. The van der Waals surface area contributed by atoms with E-state index in [0.717, 1.165) is 10.2 Å². The Morgan fingerprint density at radius 3 is 2.53 bits per heavy atom. The molecule has 1 aromatic carbocycles. The normalized spacial score (nSPS) is 12.6. The first-order chi connectivity index (χ1) is 8.19. The van der Waals surface area contributed by atoms with Crippen LogP contribution in [-0.2, 0) is 0 Å². The van der Waals surface area contributed by atoms with Gasteiger partial charge in [-0.2, -0.15) is 4.37 Å². The Morgan fingerprint density at radius 2 is 2.00 bits per heavy atom. The zero-order chi connectivity index (χ0) is 12.3. The van der Waals surface area contributed by atoms with Crippen LogP contribution in [0.2, 0.25) is 0 Å². The van der Waals surface area contributed by atoms with Crippen LogP contribution in [0.3, 0.4) is 0 Å². The molecule has 0 amide bonds. The van der Waals surface area contributed by atoms with Crippen molar-refractivity contribution < 1.29 is 0 Å². The zero-order valence-electron chi connectivity index (χ0n) is 9.88. The zero-order valence-corrected chi connectivity index (χ0v) is 11.5. The third-order valence-corrected chi connectivity index (χ3v) is 4.57. The average Bonchev–Trinajstić information content (AvgIpc) is 2.73. The molecule has 1 unspecified atom stereocenters. The van der Waals surface area contributed by atoms with Gasteiger partial charge in [0.1, 0.15) is 5.82 Å². The molecular formula is C12H15N3S2. The van der Waals surface area contributed by atoms with Gasteiger partial charge >= 0.3 is 0 Å². The van der Waals surface area contributed by atoms with Crippen LogP contribution in [0, 0.1) is 13.8 Å². The molecule has 3 nitrogen and oxygen atoms in total. The largest absolute Gasteiger partial charge is 0.329 e. The molecule has 2 aromatic rings. The van der Waals surface area contributed by atoms with Gasteiger partial charge < -0.3 is 5.73 Å². The summed E-state index contributed by atoms with van der Waals surface area (Å²) in [5.41, 5.74) is 8.34. The lowest BCUT2D eigenvalue weighted by Crippen LogP contribution is -2.09. The molecule has 0 aliphatic rings. The van der Waals surface area contributed by atoms with Crippen LogP contribution in [0.15, 0.2) is 28.6 Å². The van der Waals surface area contributed by atoms with Gasteiger partial charge in [0.2, 0.25) is 0 Å². The van der Waals surface area contributed by atoms with E-state index in [1.54, 1.807) is 11.8 Å². The molecule has 0 aliphatic carbocycles. The van der Waals surface area contributed by atoms with E-state index < -0.39 is 0 Å². The molecule has 2 N–H and O–H groups in total. The van der Waals surface area contributed by atoms with Gasteiger partial charge in [-0.15, -0.1) is 0 Å². The van der Waals surface area contributed by atoms with E-state index in [9.17, 15) is 0 Å². The lowest BCUT2D eigenvalue weighted by molar-refractivity contribution is 0.937. The molecule has 0 saturated heterocycles. The summed E-state index contributed by atoms with van der Waals surface area (Å²) in [6.45, 7) is 4.60. The second-order valence-corrected chi connectivity index (χ2v) is 6.06. The summed E-state index contributed by atoms with van der Waals surface area (Å²) in [6.07, 6.45) is 0. The predicted octanol–water partition coefficient (Wildman–Crippen LogP) is 2.95. The summed E-state index contributed by atoms with van der Waals surface area (Å²) in [4.78, 5) is 4.36. The maximum Gasteiger partial charge on any atom is 0.170 e. The summed E-state index contributed by atoms with van der Waals surface area (Å²) >= 11 is 3.13. The number of nitrogens with zero attached hydrogens (tertiary/aromatic N) is 2. The van der Waals surface area contributed by atoms with Gasteiger partial charge in [-0.1, -0.05) is 41.6 Å². The Morgan fingerprint density at radius 1 is 1.29 bits per heavy atom. The van der Waals surface area contributed by atoms with Crippen molar-refractivity contribution in [3.8, 4) is 0 Å². The number of benzene rings is 1. The van der Waals surface area contributed by atoms with Gasteiger partial charge in [-0.05, 0) is 30.9 Å². The molecule has 0 fully saturated rings. The molecule has 1 heterocycles. The number of aromatic nitrogens is 2. The van der Waals surface area contributed by atoms with Crippen LogP contribution in [-0.4, -0.2) is 15.9 Å². The highest BCUT2D eigenvalue weighted by Crippen LogP contribution is 2.35. The summed E-state index contributed by atoms with van der Waals surface area (Å²) in [7, 11) is 0. The van der Waals surface area contributed by atoms with E-state index in [0.29, 0.717) is 6.54 Å². The fraction of sp³-hybridized carbons (Fsp3) is 0.333. The smallest absolute Gasteiger partial charge is 0.170 e. The van der Waals surface area contributed by atoms with Gasteiger partial charge in [0, 0.05) is 11.8 Å². The number of hydrogen-bond acceptors (Lipinski definition) is 5. The Kier molecular flexibility index (Phi) is 4.15. The SMILES string of the molecule is Cc1ccc(C(CN)Sc2nc(C)ns2)cc1. The van der Waals surface area contributed by atoms with Crippen LogP contribution in [0.5, 0.6) is 0 Å². The molecule has 2 rings (SSSR count). The van der Waals surface area contributed by atoms with Crippen molar-refractivity contribution in [3.05, 3.63) is 41.2 Å². The second-order valence-electron chi connectivity index (χ2n) is 3.86. The standard InChI is InChI=1S/C12H15N3S2/c1-8-3-5-10(6-4-8)11(7-13)16-12-14-9(2)15-17-12/h3-6,11H,7,13H2,1-2H3. The monoisotopic (exact) mass is 265 g/mol. The van der Waals surface area contributed by atoms with Crippen molar-refractivity contribution in [2.24, 2.45) is 5.73 Å². The van der Waals surface area contributed by atoms with Gasteiger partial charge in [-0.25, -0.2) is 4.98 Å². The summed E-state index contributed by atoms with van der Waals surface area (Å²) in [6, 6.07) is 8.50. The molecule has 0 radical (unpaired) electrons. The van der Waals surface area contributed by atoms with Crippen molar-refractivity contribution in [2.75, 3.05) is 6.54 Å². The van der Waals surface area contributed by atoms with E-state index in [1.807, 2.05) is 6.92 Å². The molecule has 0 aliphatic heterocycles. The predicted molar refractivity (Wildman–Crippen MR) is 73.5 cm³/mol. The first-order valence-electron chi connectivity index (χ1n) is 5.42. The van der Waals surface area contributed by atoms with E-state index in [2.05, 4.69) is 40.5 Å². The van der Waals surface area contributed by atoms with Crippen molar-refractivity contribution in [2.45, 2.75) is 23.4 Å². The van der Waals surface area contributed by atoms with Crippen LogP contribution < -0.4 is 5.73 Å². The minimum absolute atomic E-state index is 0.253. The Labute approximate surface area is 110 Å². The van der Waals surface area contributed by atoms with Crippen molar-refractivity contribution in [3.63, 3.8) is 0 Å². The Bertz CT molecular complexity index is 479. The maximum absolute atomic E-state index is 5.83. The molecule has 90 valence electrons. The quantitative estimate of drug-likeness (QED) is 0.864. The van der Waals surface area contributed by atoms with Crippen LogP contribution >= 0.6 is 23.3 Å². The van der Waals surface area contributed by atoms with Crippen LogP contribution in [0.25, 0.3) is 0 Å². The lowest BCUT2D eigenvalue weighted by atomic mass is 10.1. The molecule has 0 spiro atoms. The molecule has 5 heteroatoms. The fourth-order valence-electron chi connectivity index (χ4n) is 1.48. The first-order valence-corrected chi connectivity index (χ1v) is 7.08. The van der Waals surface area contributed by atoms with Crippen molar-refractivity contribution in [1.82, 2.24) is 9.36 Å². The third-order valence-electron chi connectivity index (χ3n) is 2.42. The molecule has 0 bridgehead atoms. The fourth-order valence-corrected chi connectivity index (χ4v) is 3.35. The summed E-state index contributed by atoms with van der Waals surface area (Å²) in [5.74, 6) is 0.831. The average molecular weight is 265 g/mol. The highest BCUT2D eigenvalue weighted by molar-refractivity contribution is 8.01. The van der Waals surface area contributed by atoms with Gasteiger partial charge in [0.25, 0.3) is 0 Å². The van der Waals surface area contributed by atoms with Crippen LogP contribution in [0.1, 0.15) is 22.2 Å². The van der Waals surface area contributed by atoms with E-state index in [4.69, 9.17) is 5.73 Å². The van der Waals surface area contributed by atoms with E-state index >= 15 is 0 Å². The number of thioether (sulfide) groups is 1.